The Bertz CT molecular complexity index is 239. The maximum Gasteiger partial charge on any atom is 0.190 e. The maximum atomic E-state index is 10.3. The highest BCUT2D eigenvalue weighted by molar-refractivity contribution is 5.50. The third-order valence-electron chi connectivity index (χ3n) is 2.88. The lowest BCUT2D eigenvalue weighted by Gasteiger charge is -2.33. The summed E-state index contributed by atoms with van der Waals surface area (Å²) >= 11 is 0. The van der Waals surface area contributed by atoms with Gasteiger partial charge >= 0.3 is 0 Å². The monoisotopic (exact) mass is 196 g/mol. The zero-order chi connectivity index (χ0) is 9.86. The molecular weight excluding hydrogens is 180 g/mol. The minimum Gasteiger partial charge on any atom is -0.344 e. The lowest BCUT2D eigenvalue weighted by Crippen LogP contribution is -2.34. The van der Waals surface area contributed by atoms with E-state index in [0.29, 0.717) is 19.6 Å². The molecule has 0 aromatic rings. The SMILES string of the molecule is O=CCCC1=CCCCC12OCCO2. The molecule has 1 aliphatic heterocycles. The van der Waals surface area contributed by atoms with Crippen molar-refractivity contribution in [2.75, 3.05) is 13.2 Å². The highest BCUT2D eigenvalue weighted by Crippen LogP contribution is 2.38. The normalized spacial score (nSPS) is 25.0. The van der Waals surface area contributed by atoms with Crippen LogP contribution in [0.25, 0.3) is 0 Å². The van der Waals surface area contributed by atoms with Gasteiger partial charge in [0.1, 0.15) is 6.29 Å². The molecule has 0 radical (unpaired) electrons. The van der Waals surface area contributed by atoms with E-state index in [1.165, 1.54) is 5.57 Å². The van der Waals surface area contributed by atoms with Crippen LogP contribution < -0.4 is 0 Å². The molecule has 3 nitrogen and oxygen atoms in total. The van der Waals surface area contributed by atoms with E-state index in [4.69, 9.17) is 9.47 Å². The van der Waals surface area contributed by atoms with Crippen molar-refractivity contribution < 1.29 is 14.3 Å². The Balaban J connectivity index is 2.09. The van der Waals surface area contributed by atoms with E-state index in [1.807, 2.05) is 0 Å². The number of carbonyl (C=O) groups excluding carboxylic acids is 1. The number of hydrogen-bond acceptors (Lipinski definition) is 3. The summed E-state index contributed by atoms with van der Waals surface area (Å²) in [5.41, 5.74) is 1.17. The van der Waals surface area contributed by atoms with Crippen LogP contribution in [0.1, 0.15) is 32.1 Å². The van der Waals surface area contributed by atoms with Gasteiger partial charge in [-0.3, -0.25) is 0 Å². The van der Waals surface area contributed by atoms with Crippen LogP contribution in [-0.2, 0) is 14.3 Å². The number of ether oxygens (including phenoxy) is 2. The first-order chi connectivity index (χ1) is 6.87. The smallest absolute Gasteiger partial charge is 0.190 e. The van der Waals surface area contributed by atoms with Crippen molar-refractivity contribution in [3.63, 3.8) is 0 Å². The molecule has 0 unspecified atom stereocenters. The Morgan fingerprint density at radius 3 is 2.93 bits per heavy atom. The van der Waals surface area contributed by atoms with Gasteiger partial charge in [-0.05, 0) is 24.8 Å². The molecule has 1 heterocycles. The van der Waals surface area contributed by atoms with E-state index >= 15 is 0 Å². The molecule has 0 saturated carbocycles. The quantitative estimate of drug-likeness (QED) is 0.510. The second-order valence-corrected chi connectivity index (χ2v) is 3.78. The average Bonchev–Trinajstić information content (AvgIpc) is 2.66. The summed E-state index contributed by atoms with van der Waals surface area (Å²) in [7, 11) is 0. The van der Waals surface area contributed by atoms with Gasteiger partial charge < -0.3 is 14.3 Å². The van der Waals surface area contributed by atoms with Gasteiger partial charge in [-0.15, -0.1) is 0 Å². The van der Waals surface area contributed by atoms with Crippen molar-refractivity contribution in [2.45, 2.75) is 37.9 Å². The van der Waals surface area contributed by atoms with E-state index in [0.717, 1.165) is 32.0 Å². The molecule has 0 atom stereocenters. The van der Waals surface area contributed by atoms with Gasteiger partial charge in [0.05, 0.1) is 13.2 Å². The summed E-state index contributed by atoms with van der Waals surface area (Å²) in [6.07, 6.45) is 7.63. The molecule has 0 aromatic heterocycles. The molecule has 0 aromatic carbocycles. The second kappa shape index (κ2) is 4.24. The highest BCUT2D eigenvalue weighted by Gasteiger charge is 2.40. The average molecular weight is 196 g/mol. The molecule has 2 aliphatic rings. The minimum absolute atomic E-state index is 0.457. The number of rotatable bonds is 3. The van der Waals surface area contributed by atoms with Gasteiger partial charge in [0.15, 0.2) is 5.79 Å². The van der Waals surface area contributed by atoms with Crippen LogP contribution in [0.15, 0.2) is 11.6 Å². The summed E-state index contributed by atoms with van der Waals surface area (Å²) in [5.74, 6) is -0.457. The van der Waals surface area contributed by atoms with Gasteiger partial charge in [-0.25, -0.2) is 0 Å². The Kier molecular flexibility index (Phi) is 2.99. The van der Waals surface area contributed by atoms with Crippen LogP contribution in [0.5, 0.6) is 0 Å². The van der Waals surface area contributed by atoms with Gasteiger partial charge in [0.2, 0.25) is 0 Å². The molecule has 3 heteroatoms. The van der Waals surface area contributed by atoms with Gasteiger partial charge in [0.25, 0.3) is 0 Å². The molecule has 2 rings (SSSR count). The van der Waals surface area contributed by atoms with Crippen molar-refractivity contribution >= 4 is 6.29 Å². The van der Waals surface area contributed by atoms with Gasteiger partial charge in [-0.2, -0.15) is 0 Å². The van der Waals surface area contributed by atoms with E-state index in [9.17, 15) is 4.79 Å². The third kappa shape index (κ3) is 1.74. The number of aldehydes is 1. The predicted molar refractivity (Wildman–Crippen MR) is 51.9 cm³/mol. The summed E-state index contributed by atoms with van der Waals surface area (Å²) in [6, 6.07) is 0. The molecule has 0 N–H and O–H groups in total. The predicted octanol–water partition coefficient (Wildman–Crippen LogP) is 1.82. The van der Waals surface area contributed by atoms with Crippen molar-refractivity contribution in [3.05, 3.63) is 11.6 Å². The summed E-state index contributed by atoms with van der Waals surface area (Å²) < 4.78 is 11.4. The van der Waals surface area contributed by atoms with Crippen LogP contribution in [0, 0.1) is 0 Å². The van der Waals surface area contributed by atoms with Crippen LogP contribution in [-0.4, -0.2) is 25.3 Å². The number of carbonyl (C=O) groups is 1. The number of allylic oxidation sites excluding steroid dienone is 1. The minimum atomic E-state index is -0.457. The Morgan fingerprint density at radius 1 is 1.43 bits per heavy atom. The van der Waals surface area contributed by atoms with Crippen molar-refractivity contribution in [1.82, 2.24) is 0 Å². The molecule has 1 saturated heterocycles. The topological polar surface area (TPSA) is 35.5 Å². The van der Waals surface area contributed by atoms with E-state index in [1.54, 1.807) is 0 Å². The fourth-order valence-corrected chi connectivity index (χ4v) is 2.22. The van der Waals surface area contributed by atoms with Crippen LogP contribution in [0.3, 0.4) is 0 Å². The van der Waals surface area contributed by atoms with Crippen LogP contribution >= 0.6 is 0 Å². The fraction of sp³-hybridized carbons (Fsp3) is 0.727. The first-order valence-corrected chi connectivity index (χ1v) is 5.28. The molecular formula is C11H16O3. The Labute approximate surface area is 84.1 Å². The lowest BCUT2D eigenvalue weighted by molar-refractivity contribution is -0.137. The van der Waals surface area contributed by atoms with Gasteiger partial charge in [0, 0.05) is 12.8 Å². The molecule has 0 bridgehead atoms. The third-order valence-corrected chi connectivity index (χ3v) is 2.88. The first kappa shape index (κ1) is 9.87. The van der Waals surface area contributed by atoms with E-state index in [2.05, 4.69) is 6.08 Å². The maximum absolute atomic E-state index is 10.3. The Hall–Kier alpha value is -0.670. The highest BCUT2D eigenvalue weighted by atomic mass is 16.7. The summed E-state index contributed by atoms with van der Waals surface area (Å²) in [4.78, 5) is 10.3. The first-order valence-electron chi connectivity index (χ1n) is 5.28. The van der Waals surface area contributed by atoms with Crippen molar-refractivity contribution in [3.8, 4) is 0 Å². The second-order valence-electron chi connectivity index (χ2n) is 3.78. The van der Waals surface area contributed by atoms with Crippen LogP contribution in [0.2, 0.25) is 0 Å². The molecule has 0 amide bonds. The van der Waals surface area contributed by atoms with E-state index in [-0.39, 0.29) is 0 Å². The van der Waals surface area contributed by atoms with E-state index < -0.39 is 5.79 Å². The molecule has 1 spiro atoms. The zero-order valence-corrected chi connectivity index (χ0v) is 8.33. The molecule has 1 fully saturated rings. The fourth-order valence-electron chi connectivity index (χ4n) is 2.22. The van der Waals surface area contributed by atoms with Crippen molar-refractivity contribution in [1.29, 1.82) is 0 Å². The summed E-state index contributed by atoms with van der Waals surface area (Å²) in [5, 5.41) is 0. The standard InChI is InChI=1S/C11H16O3/c12-7-3-5-10-4-1-2-6-11(10)13-8-9-14-11/h4,7H,1-3,5-6,8-9H2. The van der Waals surface area contributed by atoms with Crippen molar-refractivity contribution in [2.24, 2.45) is 0 Å². The zero-order valence-electron chi connectivity index (χ0n) is 8.33. The number of hydrogen-bond donors (Lipinski definition) is 0. The largest absolute Gasteiger partial charge is 0.344 e. The Morgan fingerprint density at radius 2 is 2.21 bits per heavy atom. The molecule has 78 valence electrons. The molecule has 14 heavy (non-hydrogen) atoms. The molecule has 1 aliphatic carbocycles. The van der Waals surface area contributed by atoms with Gasteiger partial charge in [-0.1, -0.05) is 6.08 Å². The lowest BCUT2D eigenvalue weighted by atomic mass is 9.90. The van der Waals surface area contributed by atoms with Crippen LogP contribution in [0.4, 0.5) is 0 Å². The summed E-state index contributed by atoms with van der Waals surface area (Å²) in [6.45, 7) is 1.36.